The summed E-state index contributed by atoms with van der Waals surface area (Å²) in [6, 6.07) is 3.28. The fraction of sp³-hybridized carbons (Fsp3) is 0.643. The van der Waals surface area contributed by atoms with Crippen molar-refractivity contribution in [1.29, 1.82) is 0 Å². The van der Waals surface area contributed by atoms with Gasteiger partial charge in [0.1, 0.15) is 12.1 Å². The van der Waals surface area contributed by atoms with Gasteiger partial charge in [0.2, 0.25) is 0 Å². The van der Waals surface area contributed by atoms with Gasteiger partial charge in [0, 0.05) is 13.0 Å². The molecule has 1 aromatic rings. The zero-order valence-corrected chi connectivity index (χ0v) is 24.3. The predicted octanol–water partition coefficient (Wildman–Crippen LogP) is 5.13. The maximum atomic E-state index is 12.3. The van der Waals surface area contributed by atoms with E-state index in [-0.39, 0.29) is 60.9 Å². The smallest absolute Gasteiger partial charge is 0.480 e. The molecule has 1 aromatic carbocycles. The Balaban J connectivity index is 3.04. The van der Waals surface area contributed by atoms with Crippen molar-refractivity contribution in [2.24, 2.45) is 10.8 Å². The van der Waals surface area contributed by atoms with Crippen molar-refractivity contribution in [3.8, 4) is 11.5 Å². The van der Waals surface area contributed by atoms with Crippen molar-refractivity contribution in [2.75, 3.05) is 19.8 Å². The molecule has 2 atom stereocenters. The van der Waals surface area contributed by atoms with Gasteiger partial charge in [0.05, 0.1) is 13.2 Å². The Morgan fingerprint density at radius 2 is 1.44 bits per heavy atom. The summed E-state index contributed by atoms with van der Waals surface area (Å²) in [7, 11) is 0. The maximum absolute atomic E-state index is 12.3. The molecule has 0 amide bonds. The highest BCUT2D eigenvalue weighted by Crippen LogP contribution is 2.30. The van der Waals surface area contributed by atoms with Crippen LogP contribution in [0.4, 0.5) is 9.59 Å². The molecule has 1 rings (SSSR count). The Kier molecular flexibility index (Phi) is 13.2. The van der Waals surface area contributed by atoms with E-state index in [0.29, 0.717) is 12.0 Å². The summed E-state index contributed by atoms with van der Waals surface area (Å²) in [6.45, 7) is 15.1. The number of carboxylic acids is 1. The highest BCUT2D eigenvalue weighted by molar-refractivity contribution is 5.74. The Morgan fingerprint density at radius 1 is 0.897 bits per heavy atom. The number of ether oxygens (including phenoxy) is 5. The van der Waals surface area contributed by atoms with E-state index in [9.17, 15) is 24.3 Å². The number of carbonyl (C=O) groups is 4. The highest BCUT2D eigenvalue weighted by Gasteiger charge is 2.23. The topological polar surface area (TPSA) is 147 Å². The number of carboxylic acid groups (broad SMARTS) is 1. The molecule has 2 N–H and O–H groups in total. The number of aliphatic carboxylic acids is 1. The third kappa shape index (κ3) is 15.0. The van der Waals surface area contributed by atoms with E-state index in [1.165, 1.54) is 12.1 Å². The summed E-state index contributed by atoms with van der Waals surface area (Å²) in [4.78, 5) is 48.1. The summed E-state index contributed by atoms with van der Waals surface area (Å²) >= 11 is 0. The molecule has 0 heterocycles. The average molecular weight is 554 g/mol. The number of nitrogens with one attached hydrogen (secondary N) is 1. The van der Waals surface area contributed by atoms with E-state index in [4.69, 9.17) is 23.7 Å². The summed E-state index contributed by atoms with van der Waals surface area (Å²) in [6.07, 6.45) is -1.59. The van der Waals surface area contributed by atoms with Crippen LogP contribution in [0.25, 0.3) is 0 Å². The van der Waals surface area contributed by atoms with Crippen LogP contribution >= 0.6 is 0 Å². The molecule has 0 spiro atoms. The lowest BCUT2D eigenvalue weighted by molar-refractivity contribution is -0.148. The summed E-state index contributed by atoms with van der Waals surface area (Å²) < 4.78 is 26.1. The zero-order valence-electron chi connectivity index (χ0n) is 24.3. The largest absolute Gasteiger partial charge is 0.513 e. The van der Waals surface area contributed by atoms with E-state index in [1.54, 1.807) is 13.0 Å². The minimum Gasteiger partial charge on any atom is -0.480 e. The second-order valence-electron chi connectivity index (χ2n) is 11.7. The number of rotatable bonds is 13. The number of benzene rings is 1. The quantitative estimate of drug-likeness (QED) is 0.190. The molecule has 0 fully saturated rings. The number of carbonyl (C=O) groups excluding carboxylic acids is 3. The zero-order chi connectivity index (χ0) is 29.8. The third-order valence-electron chi connectivity index (χ3n) is 4.82. The fourth-order valence-corrected chi connectivity index (χ4v) is 2.95. The van der Waals surface area contributed by atoms with Crippen molar-refractivity contribution in [2.45, 2.75) is 86.8 Å². The number of hydrogen-bond donors (Lipinski definition) is 2. The Morgan fingerprint density at radius 3 is 1.92 bits per heavy atom. The van der Waals surface area contributed by atoms with Crippen LogP contribution in [0.2, 0.25) is 0 Å². The number of hydrogen-bond acceptors (Lipinski definition) is 10. The van der Waals surface area contributed by atoms with Crippen molar-refractivity contribution >= 4 is 24.2 Å². The van der Waals surface area contributed by atoms with Crippen LogP contribution < -0.4 is 14.8 Å². The van der Waals surface area contributed by atoms with Crippen LogP contribution in [0.15, 0.2) is 18.2 Å². The fourth-order valence-electron chi connectivity index (χ4n) is 2.95. The van der Waals surface area contributed by atoms with Gasteiger partial charge >= 0.3 is 24.2 Å². The Bertz CT molecular complexity index is 978. The van der Waals surface area contributed by atoms with E-state index >= 15 is 0 Å². The monoisotopic (exact) mass is 553 g/mol. The molecule has 0 aliphatic carbocycles. The van der Waals surface area contributed by atoms with Crippen LogP contribution in [0.5, 0.6) is 11.5 Å². The molecule has 39 heavy (non-hydrogen) atoms. The standard InChI is InChI=1S/C28H43NO10/c1-9-10-23(30)37-18(2)15-29-20(24(31)32)13-19-11-12-21(38-25(33)35-16-27(3,4)5)22(14-19)39-26(34)36-17-28(6,7)8/h11-12,14,18,20,29H,9-10,13,15-17H2,1-8H3,(H,31,32)/t18?,20-/m0/s1. The first kappa shape index (κ1) is 33.7. The predicted molar refractivity (Wildman–Crippen MR) is 143 cm³/mol. The van der Waals surface area contributed by atoms with Crippen molar-refractivity contribution in [3.63, 3.8) is 0 Å². The van der Waals surface area contributed by atoms with Gasteiger partial charge in [-0.05, 0) is 48.3 Å². The maximum Gasteiger partial charge on any atom is 0.513 e. The summed E-state index contributed by atoms with van der Waals surface area (Å²) in [5, 5.41) is 12.6. The van der Waals surface area contributed by atoms with Crippen LogP contribution in [-0.4, -0.2) is 61.3 Å². The van der Waals surface area contributed by atoms with Gasteiger partial charge in [-0.3, -0.25) is 9.59 Å². The van der Waals surface area contributed by atoms with E-state index < -0.39 is 30.4 Å². The van der Waals surface area contributed by atoms with Gasteiger partial charge in [-0.2, -0.15) is 0 Å². The minimum absolute atomic E-state index is 0.00684. The highest BCUT2D eigenvalue weighted by atomic mass is 16.7. The van der Waals surface area contributed by atoms with Crippen molar-refractivity contribution in [3.05, 3.63) is 23.8 Å². The van der Waals surface area contributed by atoms with Gasteiger partial charge in [-0.1, -0.05) is 54.5 Å². The van der Waals surface area contributed by atoms with Crippen molar-refractivity contribution in [1.82, 2.24) is 5.32 Å². The van der Waals surface area contributed by atoms with E-state index in [2.05, 4.69) is 5.32 Å². The minimum atomic E-state index is -1.12. The van der Waals surface area contributed by atoms with Gasteiger partial charge in [-0.25, -0.2) is 9.59 Å². The Labute approximate surface area is 230 Å². The van der Waals surface area contributed by atoms with Gasteiger partial charge in [0.15, 0.2) is 11.5 Å². The SMILES string of the molecule is CCCC(=O)OC(C)CN[C@@H](Cc1ccc(OC(=O)OCC(C)(C)C)c(OC(=O)OCC(C)(C)C)c1)C(=O)O. The molecule has 220 valence electrons. The van der Waals surface area contributed by atoms with Gasteiger partial charge in [0.25, 0.3) is 0 Å². The van der Waals surface area contributed by atoms with Gasteiger partial charge in [-0.15, -0.1) is 0 Å². The average Bonchev–Trinajstić information content (AvgIpc) is 2.79. The lowest BCUT2D eigenvalue weighted by atomic mass is 9.99. The molecule has 0 aliphatic rings. The van der Waals surface area contributed by atoms with Crippen LogP contribution in [0, 0.1) is 10.8 Å². The summed E-state index contributed by atoms with van der Waals surface area (Å²) in [5.74, 6) is -1.71. The second kappa shape index (κ2) is 15.3. The third-order valence-corrected chi connectivity index (χ3v) is 4.82. The molecule has 1 unspecified atom stereocenters. The molecule has 0 saturated heterocycles. The molecule has 11 heteroatoms. The molecule has 0 bridgehead atoms. The van der Waals surface area contributed by atoms with Crippen LogP contribution in [0.3, 0.4) is 0 Å². The normalized spacial score (nSPS) is 13.1. The van der Waals surface area contributed by atoms with Gasteiger partial charge < -0.3 is 34.1 Å². The summed E-state index contributed by atoms with van der Waals surface area (Å²) in [5.41, 5.74) is -0.122. The second-order valence-corrected chi connectivity index (χ2v) is 11.7. The first-order valence-electron chi connectivity index (χ1n) is 13.0. The van der Waals surface area contributed by atoms with Crippen LogP contribution in [-0.2, 0) is 30.2 Å². The lowest BCUT2D eigenvalue weighted by Crippen LogP contribution is -2.42. The molecule has 0 radical (unpaired) electrons. The van der Waals surface area contributed by atoms with Crippen molar-refractivity contribution < 1.29 is 48.0 Å². The molecular weight excluding hydrogens is 510 g/mol. The molecule has 0 aliphatic heterocycles. The Hall–Kier alpha value is -3.34. The lowest BCUT2D eigenvalue weighted by Gasteiger charge is -2.20. The van der Waals surface area contributed by atoms with E-state index in [0.717, 1.165) is 0 Å². The molecular formula is C28H43NO10. The molecule has 0 aromatic heterocycles. The molecule has 11 nitrogen and oxygen atoms in total. The molecule has 0 saturated carbocycles. The number of esters is 1. The van der Waals surface area contributed by atoms with E-state index in [1.807, 2.05) is 48.5 Å². The van der Waals surface area contributed by atoms with Crippen LogP contribution in [0.1, 0.15) is 73.8 Å². The first-order valence-corrected chi connectivity index (χ1v) is 13.0. The first-order chi connectivity index (χ1) is 18.0.